The molecule has 2 aromatic rings. The van der Waals surface area contributed by atoms with E-state index in [0.717, 1.165) is 53.8 Å². The molecule has 5 heteroatoms. The van der Waals surface area contributed by atoms with E-state index in [0.29, 0.717) is 6.61 Å². The summed E-state index contributed by atoms with van der Waals surface area (Å²) in [5.41, 5.74) is 1.03. The number of hydrogen-bond acceptors (Lipinski definition) is 4. The number of hydrogen-bond donors (Lipinski definition) is 0. The van der Waals surface area contributed by atoms with Gasteiger partial charge in [-0.3, -0.25) is 4.79 Å². The Morgan fingerprint density at radius 2 is 1.88 bits per heavy atom. The molecule has 3 rings (SSSR count). The normalized spacial score (nSPS) is 15.3. The molecule has 0 atom stereocenters. The van der Waals surface area contributed by atoms with Crippen molar-refractivity contribution >= 4 is 17.2 Å². The summed E-state index contributed by atoms with van der Waals surface area (Å²) < 4.78 is 10.9. The van der Waals surface area contributed by atoms with Crippen LogP contribution in [0.4, 0.5) is 0 Å². The number of thiophene rings is 1. The molecule has 1 fully saturated rings. The lowest BCUT2D eigenvalue weighted by atomic mass is 9.99. The first-order chi connectivity index (χ1) is 11.7. The van der Waals surface area contributed by atoms with E-state index < -0.39 is 0 Å². The molecule has 0 radical (unpaired) electrons. The van der Waals surface area contributed by atoms with Gasteiger partial charge in [0.15, 0.2) is 0 Å². The summed E-state index contributed by atoms with van der Waals surface area (Å²) in [6.45, 7) is 4.46. The highest BCUT2D eigenvalue weighted by Crippen LogP contribution is 2.23. The maximum absolute atomic E-state index is 12.5. The Bertz CT molecular complexity index is 672. The number of amides is 1. The zero-order valence-corrected chi connectivity index (χ0v) is 15.0. The molecule has 0 saturated carbocycles. The molecule has 0 N–H and O–H groups in total. The number of piperidine rings is 1. The van der Waals surface area contributed by atoms with Gasteiger partial charge in [0.1, 0.15) is 18.1 Å². The van der Waals surface area contributed by atoms with Crippen molar-refractivity contribution < 1.29 is 14.3 Å². The van der Waals surface area contributed by atoms with Crippen molar-refractivity contribution in [3.8, 4) is 11.5 Å². The molecule has 2 heterocycles. The highest BCUT2D eigenvalue weighted by Gasteiger charge is 2.22. The van der Waals surface area contributed by atoms with Crippen LogP contribution in [0.25, 0.3) is 0 Å². The molecule has 24 heavy (non-hydrogen) atoms. The molecule has 128 valence electrons. The predicted octanol–water partition coefficient (Wildman–Crippen LogP) is 4.21. The van der Waals surface area contributed by atoms with Crippen molar-refractivity contribution in [2.75, 3.05) is 20.2 Å². The van der Waals surface area contributed by atoms with Crippen LogP contribution in [0.2, 0.25) is 0 Å². The van der Waals surface area contributed by atoms with Gasteiger partial charge in [-0.05, 0) is 54.5 Å². The minimum atomic E-state index is 0.155. The molecule has 0 aliphatic carbocycles. The number of likely N-dealkylation sites (tertiary alicyclic amines) is 1. The largest absolute Gasteiger partial charge is 0.497 e. The molecule has 1 aliphatic rings. The van der Waals surface area contributed by atoms with Crippen LogP contribution >= 0.6 is 11.3 Å². The summed E-state index contributed by atoms with van der Waals surface area (Å²) in [5, 5.41) is 2.00. The number of carbonyl (C=O) groups excluding carboxylic acids is 1. The summed E-state index contributed by atoms with van der Waals surface area (Å²) in [7, 11) is 1.64. The van der Waals surface area contributed by atoms with Gasteiger partial charge in [0.25, 0.3) is 5.91 Å². The summed E-state index contributed by atoms with van der Waals surface area (Å²) in [5.74, 6) is 2.48. The van der Waals surface area contributed by atoms with Crippen LogP contribution in [-0.4, -0.2) is 31.0 Å². The highest BCUT2D eigenvalue weighted by molar-refractivity contribution is 7.12. The van der Waals surface area contributed by atoms with Crippen molar-refractivity contribution in [1.82, 2.24) is 4.90 Å². The summed E-state index contributed by atoms with van der Waals surface area (Å²) in [6, 6.07) is 9.46. The quantitative estimate of drug-likeness (QED) is 0.815. The molecule has 1 saturated heterocycles. The van der Waals surface area contributed by atoms with E-state index in [2.05, 4.69) is 6.92 Å². The summed E-state index contributed by atoms with van der Waals surface area (Å²) >= 11 is 1.50. The van der Waals surface area contributed by atoms with Gasteiger partial charge in [0, 0.05) is 18.7 Å². The Hall–Kier alpha value is -2.01. The molecule has 0 unspecified atom stereocenters. The molecule has 1 aliphatic heterocycles. The second-order valence-electron chi connectivity index (χ2n) is 6.26. The van der Waals surface area contributed by atoms with E-state index in [1.807, 2.05) is 40.6 Å². The fourth-order valence-corrected chi connectivity index (χ4v) is 3.63. The fourth-order valence-electron chi connectivity index (χ4n) is 2.77. The molecule has 1 aromatic heterocycles. The van der Waals surface area contributed by atoms with Crippen molar-refractivity contribution in [3.05, 3.63) is 46.2 Å². The Morgan fingerprint density at radius 1 is 1.21 bits per heavy atom. The lowest BCUT2D eigenvalue weighted by Crippen LogP contribution is -2.37. The van der Waals surface area contributed by atoms with E-state index in [1.165, 1.54) is 11.3 Å². The third kappa shape index (κ3) is 4.09. The third-order valence-electron chi connectivity index (χ3n) is 4.40. The second kappa shape index (κ2) is 7.71. The minimum Gasteiger partial charge on any atom is -0.497 e. The molecule has 0 bridgehead atoms. The average molecular weight is 345 g/mol. The SMILES string of the molecule is COc1ccc(OCc2csc(C(=O)N3CCC(C)CC3)c2)cc1. The topological polar surface area (TPSA) is 38.8 Å². The van der Waals surface area contributed by atoms with Crippen LogP contribution in [0.1, 0.15) is 35.0 Å². The Morgan fingerprint density at radius 3 is 2.54 bits per heavy atom. The van der Waals surface area contributed by atoms with E-state index in [9.17, 15) is 4.79 Å². The molecule has 1 aromatic carbocycles. The fraction of sp³-hybridized carbons (Fsp3) is 0.421. The second-order valence-corrected chi connectivity index (χ2v) is 7.17. The van der Waals surface area contributed by atoms with Gasteiger partial charge < -0.3 is 14.4 Å². The lowest BCUT2D eigenvalue weighted by Gasteiger charge is -2.29. The average Bonchev–Trinajstić information content (AvgIpc) is 3.09. The molecular formula is C19H23NO3S. The first-order valence-corrected chi connectivity index (χ1v) is 9.17. The number of ether oxygens (including phenoxy) is 2. The zero-order valence-electron chi connectivity index (χ0n) is 14.2. The number of benzene rings is 1. The van der Waals surface area contributed by atoms with E-state index >= 15 is 0 Å². The van der Waals surface area contributed by atoms with Gasteiger partial charge in [0.2, 0.25) is 0 Å². The molecule has 4 nitrogen and oxygen atoms in total. The van der Waals surface area contributed by atoms with Gasteiger partial charge in [0.05, 0.1) is 12.0 Å². The lowest BCUT2D eigenvalue weighted by molar-refractivity contribution is 0.0702. The number of carbonyl (C=O) groups is 1. The monoisotopic (exact) mass is 345 g/mol. The Kier molecular flexibility index (Phi) is 5.41. The number of rotatable bonds is 5. The van der Waals surface area contributed by atoms with E-state index in [4.69, 9.17) is 9.47 Å². The minimum absolute atomic E-state index is 0.155. The van der Waals surface area contributed by atoms with Crippen LogP contribution in [0.3, 0.4) is 0 Å². The third-order valence-corrected chi connectivity index (χ3v) is 5.37. The number of nitrogens with zero attached hydrogens (tertiary/aromatic N) is 1. The summed E-state index contributed by atoms with van der Waals surface area (Å²) in [6.07, 6.45) is 2.20. The van der Waals surface area contributed by atoms with Gasteiger partial charge in [-0.2, -0.15) is 0 Å². The van der Waals surface area contributed by atoms with Crippen molar-refractivity contribution in [2.45, 2.75) is 26.4 Å². The Balaban J connectivity index is 1.55. The first-order valence-electron chi connectivity index (χ1n) is 8.29. The van der Waals surface area contributed by atoms with Gasteiger partial charge in [-0.1, -0.05) is 6.92 Å². The van der Waals surface area contributed by atoms with Gasteiger partial charge >= 0.3 is 0 Å². The van der Waals surface area contributed by atoms with Crippen LogP contribution in [0.15, 0.2) is 35.7 Å². The van der Waals surface area contributed by atoms with Crippen LogP contribution in [0, 0.1) is 5.92 Å². The molecule has 0 spiro atoms. The molecule has 1 amide bonds. The van der Waals surface area contributed by atoms with Crippen molar-refractivity contribution in [3.63, 3.8) is 0 Å². The van der Waals surface area contributed by atoms with E-state index in [-0.39, 0.29) is 5.91 Å². The maximum Gasteiger partial charge on any atom is 0.263 e. The van der Waals surface area contributed by atoms with Crippen LogP contribution in [-0.2, 0) is 6.61 Å². The zero-order chi connectivity index (χ0) is 16.9. The van der Waals surface area contributed by atoms with Gasteiger partial charge in [-0.25, -0.2) is 0 Å². The maximum atomic E-state index is 12.5. The highest BCUT2D eigenvalue weighted by atomic mass is 32.1. The van der Waals surface area contributed by atoms with E-state index in [1.54, 1.807) is 7.11 Å². The standard InChI is InChI=1S/C19H23NO3S/c1-14-7-9-20(10-8-14)19(21)18-11-15(13-24-18)12-23-17-5-3-16(22-2)4-6-17/h3-6,11,13-14H,7-10,12H2,1-2H3. The van der Waals surface area contributed by atoms with Crippen molar-refractivity contribution in [2.24, 2.45) is 5.92 Å². The van der Waals surface area contributed by atoms with Gasteiger partial charge in [-0.15, -0.1) is 11.3 Å². The predicted molar refractivity (Wildman–Crippen MR) is 95.9 cm³/mol. The molecular weight excluding hydrogens is 322 g/mol. The van der Waals surface area contributed by atoms with Crippen molar-refractivity contribution in [1.29, 1.82) is 0 Å². The Labute approximate surface area is 147 Å². The first kappa shape index (κ1) is 16.8. The van der Waals surface area contributed by atoms with Crippen LogP contribution in [0.5, 0.6) is 11.5 Å². The van der Waals surface area contributed by atoms with Crippen LogP contribution < -0.4 is 9.47 Å². The summed E-state index contributed by atoms with van der Waals surface area (Å²) in [4.78, 5) is 15.3. The smallest absolute Gasteiger partial charge is 0.263 e. The number of methoxy groups -OCH3 is 1.